The van der Waals surface area contributed by atoms with Gasteiger partial charge in [-0.05, 0) is 30.9 Å². The van der Waals surface area contributed by atoms with E-state index < -0.39 is 0 Å². The number of fused-ring (bicyclic) bond motifs is 1. The van der Waals surface area contributed by atoms with E-state index in [0.29, 0.717) is 6.10 Å². The van der Waals surface area contributed by atoms with Gasteiger partial charge in [-0.15, -0.1) is 0 Å². The molecule has 0 saturated heterocycles. The van der Waals surface area contributed by atoms with Crippen molar-refractivity contribution in [2.45, 2.75) is 25.9 Å². The first-order valence-electron chi connectivity index (χ1n) is 4.43. The van der Waals surface area contributed by atoms with E-state index in [-0.39, 0.29) is 0 Å². The molecule has 1 aliphatic rings. The minimum Gasteiger partial charge on any atom is -0.368 e. The van der Waals surface area contributed by atoms with Crippen molar-refractivity contribution in [3.8, 4) is 0 Å². The van der Waals surface area contributed by atoms with E-state index in [2.05, 4.69) is 24.3 Å². The number of hydrogen-bond donors (Lipinski definition) is 0. The average molecular weight is 161 g/mol. The fraction of sp³-hybridized carbons (Fsp3) is 0.364. The lowest BCUT2D eigenvalue weighted by Crippen LogP contribution is -1.95. The smallest absolute Gasteiger partial charge is 0.0835 e. The average Bonchev–Trinajstić information content (AvgIpc) is 2.50. The molecule has 0 heterocycles. The quantitative estimate of drug-likeness (QED) is 0.648. The molecule has 1 aromatic rings. The summed E-state index contributed by atoms with van der Waals surface area (Å²) in [6.45, 7) is 3.72. The topological polar surface area (TPSA) is 9.23 Å². The molecular formula is C11H13O. The lowest BCUT2D eigenvalue weighted by Gasteiger charge is -2.09. The first-order valence-corrected chi connectivity index (χ1v) is 4.43. The van der Waals surface area contributed by atoms with Crippen LogP contribution in [0.5, 0.6) is 0 Å². The third-order valence-electron chi connectivity index (χ3n) is 2.38. The fourth-order valence-corrected chi connectivity index (χ4v) is 1.82. The van der Waals surface area contributed by atoms with E-state index in [4.69, 9.17) is 4.74 Å². The number of aryl methyl sites for hydroxylation is 1. The second-order valence-corrected chi connectivity index (χ2v) is 3.10. The van der Waals surface area contributed by atoms with Crippen LogP contribution in [-0.2, 0) is 11.2 Å². The Morgan fingerprint density at radius 3 is 3.08 bits per heavy atom. The minimum absolute atomic E-state index is 0.311. The molecule has 1 unspecified atom stereocenters. The van der Waals surface area contributed by atoms with Crippen LogP contribution in [0.25, 0.3) is 0 Å². The van der Waals surface area contributed by atoms with Crippen LogP contribution in [0.4, 0.5) is 0 Å². The largest absolute Gasteiger partial charge is 0.368 e. The molecule has 1 aliphatic carbocycles. The summed E-state index contributed by atoms with van der Waals surface area (Å²) in [5.74, 6) is 0. The van der Waals surface area contributed by atoms with E-state index in [1.807, 2.05) is 6.92 Å². The molecule has 1 atom stereocenters. The van der Waals surface area contributed by atoms with Gasteiger partial charge in [0.1, 0.15) is 0 Å². The minimum atomic E-state index is 0.311. The Balaban J connectivity index is 2.24. The Hall–Kier alpha value is -0.820. The normalized spacial score (nSPS) is 20.9. The number of ether oxygens (including phenoxy) is 1. The zero-order valence-corrected chi connectivity index (χ0v) is 7.29. The lowest BCUT2D eigenvalue weighted by atomic mass is 10.1. The third kappa shape index (κ3) is 1.25. The Morgan fingerprint density at radius 1 is 1.42 bits per heavy atom. The summed E-state index contributed by atoms with van der Waals surface area (Å²) in [7, 11) is 0. The predicted molar refractivity (Wildman–Crippen MR) is 48.6 cm³/mol. The predicted octanol–water partition coefficient (Wildman–Crippen LogP) is 2.87. The van der Waals surface area contributed by atoms with Crippen molar-refractivity contribution in [3.05, 3.63) is 42.0 Å². The van der Waals surface area contributed by atoms with Crippen molar-refractivity contribution in [2.75, 3.05) is 0 Å². The van der Waals surface area contributed by atoms with Gasteiger partial charge in [0, 0.05) is 0 Å². The van der Waals surface area contributed by atoms with Crippen LogP contribution in [0.2, 0.25) is 0 Å². The summed E-state index contributed by atoms with van der Waals surface area (Å²) in [6.07, 6.45) is 2.60. The van der Waals surface area contributed by atoms with Gasteiger partial charge in [-0.2, -0.15) is 0 Å². The van der Waals surface area contributed by atoms with Crippen LogP contribution in [0, 0.1) is 6.61 Å². The Morgan fingerprint density at radius 2 is 2.25 bits per heavy atom. The molecule has 0 bridgehead atoms. The molecule has 0 N–H and O–H groups in total. The zero-order chi connectivity index (χ0) is 8.39. The summed E-state index contributed by atoms with van der Waals surface area (Å²) in [5, 5.41) is 0. The highest BCUT2D eigenvalue weighted by Gasteiger charge is 2.21. The van der Waals surface area contributed by atoms with E-state index in [1.54, 1.807) is 6.61 Å². The molecular weight excluding hydrogens is 148 g/mol. The lowest BCUT2D eigenvalue weighted by molar-refractivity contribution is 0.111. The Kier molecular flexibility index (Phi) is 2.13. The van der Waals surface area contributed by atoms with Gasteiger partial charge >= 0.3 is 0 Å². The Labute approximate surface area is 73.4 Å². The molecule has 1 aromatic carbocycles. The van der Waals surface area contributed by atoms with Gasteiger partial charge in [0.15, 0.2) is 0 Å². The molecule has 0 saturated carbocycles. The van der Waals surface area contributed by atoms with Gasteiger partial charge in [0.2, 0.25) is 0 Å². The Bertz CT molecular complexity index is 265. The van der Waals surface area contributed by atoms with Gasteiger partial charge in [-0.25, -0.2) is 0 Å². The van der Waals surface area contributed by atoms with Crippen molar-refractivity contribution < 1.29 is 4.74 Å². The molecule has 2 rings (SSSR count). The van der Waals surface area contributed by atoms with Crippen molar-refractivity contribution in [3.63, 3.8) is 0 Å². The van der Waals surface area contributed by atoms with E-state index in [9.17, 15) is 0 Å². The highest BCUT2D eigenvalue weighted by Crippen LogP contribution is 2.33. The molecule has 0 fully saturated rings. The molecule has 1 nitrogen and oxygen atoms in total. The highest BCUT2D eigenvalue weighted by atomic mass is 16.5. The van der Waals surface area contributed by atoms with Crippen LogP contribution in [-0.4, -0.2) is 0 Å². The summed E-state index contributed by atoms with van der Waals surface area (Å²) in [5.41, 5.74) is 2.82. The first kappa shape index (κ1) is 7.81. The van der Waals surface area contributed by atoms with Crippen LogP contribution in [0.15, 0.2) is 24.3 Å². The maximum Gasteiger partial charge on any atom is 0.0835 e. The van der Waals surface area contributed by atoms with Gasteiger partial charge in [-0.3, -0.25) is 0 Å². The maximum absolute atomic E-state index is 5.50. The van der Waals surface area contributed by atoms with E-state index in [0.717, 1.165) is 12.8 Å². The molecule has 0 amide bonds. The van der Waals surface area contributed by atoms with Crippen LogP contribution >= 0.6 is 0 Å². The highest BCUT2D eigenvalue weighted by molar-refractivity contribution is 5.33. The molecule has 0 spiro atoms. The van der Waals surface area contributed by atoms with Crippen molar-refractivity contribution >= 4 is 0 Å². The summed E-state index contributed by atoms with van der Waals surface area (Å²) in [4.78, 5) is 0. The molecule has 1 heteroatoms. The number of benzene rings is 1. The number of rotatable bonds is 2. The fourth-order valence-electron chi connectivity index (χ4n) is 1.82. The van der Waals surface area contributed by atoms with E-state index in [1.165, 1.54) is 11.1 Å². The van der Waals surface area contributed by atoms with Crippen molar-refractivity contribution in [1.82, 2.24) is 0 Å². The van der Waals surface area contributed by atoms with Gasteiger partial charge in [0.25, 0.3) is 0 Å². The monoisotopic (exact) mass is 161 g/mol. The first-order chi connectivity index (χ1) is 5.92. The second-order valence-electron chi connectivity index (χ2n) is 3.10. The van der Waals surface area contributed by atoms with E-state index >= 15 is 0 Å². The molecule has 0 aromatic heterocycles. The van der Waals surface area contributed by atoms with Gasteiger partial charge in [0.05, 0.1) is 12.7 Å². The molecule has 1 radical (unpaired) electrons. The van der Waals surface area contributed by atoms with Gasteiger partial charge < -0.3 is 4.74 Å². The standard InChI is InChI=1S/C11H13O/c1-2-12-11-8-7-9-5-3-4-6-10(9)11/h2-6,11H,7-8H2,1H3. The SMILES string of the molecule is C[CH]OC1CCc2ccccc21. The third-order valence-corrected chi connectivity index (χ3v) is 2.38. The van der Waals surface area contributed by atoms with Crippen molar-refractivity contribution in [2.24, 2.45) is 0 Å². The summed E-state index contributed by atoms with van der Waals surface area (Å²) < 4.78 is 5.50. The van der Waals surface area contributed by atoms with Gasteiger partial charge in [-0.1, -0.05) is 24.3 Å². The molecule has 12 heavy (non-hydrogen) atoms. The van der Waals surface area contributed by atoms with Crippen LogP contribution in [0.3, 0.4) is 0 Å². The van der Waals surface area contributed by atoms with Crippen LogP contribution in [0.1, 0.15) is 30.6 Å². The summed E-state index contributed by atoms with van der Waals surface area (Å²) >= 11 is 0. The molecule has 63 valence electrons. The zero-order valence-electron chi connectivity index (χ0n) is 7.29. The molecule has 0 aliphatic heterocycles. The van der Waals surface area contributed by atoms with Crippen LogP contribution < -0.4 is 0 Å². The number of hydrogen-bond acceptors (Lipinski definition) is 1. The summed E-state index contributed by atoms with van der Waals surface area (Å²) in [6, 6.07) is 8.53. The maximum atomic E-state index is 5.50. The second kappa shape index (κ2) is 3.28. The van der Waals surface area contributed by atoms with Crippen molar-refractivity contribution in [1.29, 1.82) is 0 Å².